The van der Waals surface area contributed by atoms with Gasteiger partial charge in [0.15, 0.2) is 0 Å². The lowest BCUT2D eigenvalue weighted by Gasteiger charge is -2.20. The highest BCUT2D eigenvalue weighted by atomic mass is 16.5. The van der Waals surface area contributed by atoms with E-state index in [0.29, 0.717) is 19.4 Å². The van der Waals surface area contributed by atoms with Crippen molar-refractivity contribution in [2.45, 2.75) is 386 Å². The van der Waals surface area contributed by atoms with Crippen molar-refractivity contribution in [2.24, 2.45) is 0 Å². The van der Waals surface area contributed by atoms with E-state index >= 15 is 0 Å². The van der Waals surface area contributed by atoms with Crippen LogP contribution in [0.3, 0.4) is 0 Å². The Hall–Kier alpha value is -1.92. The van der Waals surface area contributed by atoms with Gasteiger partial charge in [0.2, 0.25) is 5.91 Å². The summed E-state index contributed by atoms with van der Waals surface area (Å²) in [4.78, 5) is 24.5. The molecule has 0 aromatic heterocycles. The molecule has 6 nitrogen and oxygen atoms in total. The number of unbranched alkanes of at least 4 members (excludes halogenated alkanes) is 49. The van der Waals surface area contributed by atoms with Crippen LogP contribution in [0, 0.1) is 0 Å². The van der Waals surface area contributed by atoms with Crippen LogP contribution in [0.4, 0.5) is 0 Å². The zero-order valence-electron chi connectivity index (χ0n) is 51.3. The van der Waals surface area contributed by atoms with Gasteiger partial charge in [-0.15, -0.1) is 0 Å². The van der Waals surface area contributed by atoms with Crippen molar-refractivity contribution >= 4 is 11.9 Å². The number of ether oxygens (including phenoxy) is 1. The van der Waals surface area contributed by atoms with E-state index in [1.807, 2.05) is 6.08 Å². The molecule has 0 aliphatic rings. The van der Waals surface area contributed by atoms with E-state index in [4.69, 9.17) is 4.74 Å². The summed E-state index contributed by atoms with van der Waals surface area (Å²) in [6.45, 7) is 4.91. The van der Waals surface area contributed by atoms with Crippen LogP contribution in [0.25, 0.3) is 0 Å². The Morgan fingerprint density at radius 3 is 0.947 bits per heavy atom. The fourth-order valence-electron chi connectivity index (χ4n) is 10.6. The Bertz CT molecular complexity index is 1230. The molecule has 0 spiro atoms. The summed E-state index contributed by atoms with van der Waals surface area (Å²) in [5, 5.41) is 23.2. The zero-order chi connectivity index (χ0) is 55.0. The van der Waals surface area contributed by atoms with Gasteiger partial charge >= 0.3 is 5.97 Å². The van der Waals surface area contributed by atoms with Crippen molar-refractivity contribution in [3.05, 3.63) is 36.5 Å². The van der Waals surface area contributed by atoms with Crippen molar-refractivity contribution in [2.75, 3.05) is 13.2 Å². The molecular formula is C70H133NO5. The van der Waals surface area contributed by atoms with Gasteiger partial charge < -0.3 is 20.3 Å². The molecule has 0 saturated heterocycles. The lowest BCUT2D eigenvalue weighted by Crippen LogP contribution is -2.45. The minimum atomic E-state index is -0.843. The molecule has 0 aromatic rings. The number of nitrogens with one attached hydrogen (secondary N) is 1. The molecule has 0 fully saturated rings. The first-order chi connectivity index (χ1) is 37.5. The van der Waals surface area contributed by atoms with Gasteiger partial charge in [0.25, 0.3) is 0 Å². The average Bonchev–Trinajstić information content (AvgIpc) is 3.42. The summed E-state index contributed by atoms with van der Waals surface area (Å²) in [5.41, 5.74) is 0. The average molecular weight is 1070 g/mol. The van der Waals surface area contributed by atoms with E-state index in [-0.39, 0.29) is 18.5 Å². The van der Waals surface area contributed by atoms with Gasteiger partial charge in [0.1, 0.15) is 0 Å². The second kappa shape index (κ2) is 65.6. The molecule has 0 aliphatic carbocycles. The lowest BCUT2D eigenvalue weighted by atomic mass is 10.0. The molecule has 0 rings (SSSR count). The highest BCUT2D eigenvalue weighted by Crippen LogP contribution is 2.18. The fraction of sp³-hybridized carbons (Fsp3) is 0.886. The summed E-state index contributed by atoms with van der Waals surface area (Å²) in [6.07, 6.45) is 83.6. The van der Waals surface area contributed by atoms with Crippen LogP contribution in [0.1, 0.15) is 373 Å². The Labute approximate surface area is 474 Å². The van der Waals surface area contributed by atoms with Crippen molar-refractivity contribution in [3.8, 4) is 0 Å². The van der Waals surface area contributed by atoms with Crippen molar-refractivity contribution in [1.29, 1.82) is 0 Å². The molecule has 0 aliphatic heterocycles. The number of aliphatic hydroxyl groups is 2. The molecule has 0 aromatic carbocycles. The van der Waals surface area contributed by atoms with E-state index < -0.39 is 12.1 Å². The maximum absolute atomic E-state index is 12.5. The van der Waals surface area contributed by atoms with Gasteiger partial charge in [-0.3, -0.25) is 9.59 Å². The first-order valence-electron chi connectivity index (χ1n) is 34.3. The highest BCUT2D eigenvalue weighted by Gasteiger charge is 2.18. The van der Waals surface area contributed by atoms with Gasteiger partial charge in [-0.05, 0) is 83.5 Å². The van der Waals surface area contributed by atoms with Crippen LogP contribution in [-0.4, -0.2) is 47.4 Å². The van der Waals surface area contributed by atoms with Crippen molar-refractivity contribution < 1.29 is 24.5 Å². The Morgan fingerprint density at radius 2 is 0.618 bits per heavy atom. The highest BCUT2D eigenvalue weighted by molar-refractivity contribution is 5.76. The smallest absolute Gasteiger partial charge is 0.305 e. The van der Waals surface area contributed by atoms with Crippen LogP contribution in [0.5, 0.6) is 0 Å². The van der Waals surface area contributed by atoms with E-state index in [1.54, 1.807) is 6.08 Å². The van der Waals surface area contributed by atoms with Crippen LogP contribution < -0.4 is 5.32 Å². The van der Waals surface area contributed by atoms with Crippen molar-refractivity contribution in [1.82, 2.24) is 5.32 Å². The molecule has 2 unspecified atom stereocenters. The topological polar surface area (TPSA) is 95.9 Å². The minimum absolute atomic E-state index is 0.00826. The van der Waals surface area contributed by atoms with Crippen LogP contribution in [-0.2, 0) is 14.3 Å². The van der Waals surface area contributed by atoms with E-state index in [9.17, 15) is 19.8 Å². The molecule has 3 N–H and O–H groups in total. The lowest BCUT2D eigenvalue weighted by molar-refractivity contribution is -0.143. The van der Waals surface area contributed by atoms with Crippen LogP contribution in [0.2, 0.25) is 0 Å². The van der Waals surface area contributed by atoms with Crippen molar-refractivity contribution in [3.63, 3.8) is 0 Å². The predicted octanol–water partition coefficient (Wildman–Crippen LogP) is 21.9. The fourth-order valence-corrected chi connectivity index (χ4v) is 10.6. The third-order valence-electron chi connectivity index (χ3n) is 15.9. The number of hydrogen-bond acceptors (Lipinski definition) is 5. The Balaban J connectivity index is 3.37. The normalized spacial score (nSPS) is 12.7. The quantitative estimate of drug-likeness (QED) is 0.0320. The maximum atomic E-state index is 12.5. The molecule has 0 heterocycles. The van der Waals surface area contributed by atoms with Gasteiger partial charge in [0.05, 0.1) is 25.4 Å². The van der Waals surface area contributed by atoms with Crippen LogP contribution in [0.15, 0.2) is 36.5 Å². The standard InChI is InChI=1S/C70H133NO5/c1-3-5-7-9-11-13-15-17-35-39-42-46-50-54-58-62-68(73)67(66-72)71-69(74)63-59-55-51-47-43-40-36-33-31-29-27-25-23-21-19-18-20-22-24-26-28-30-32-34-37-41-45-49-53-57-61-65-76-70(75)64-60-56-52-48-44-38-16-14-12-10-8-6-4-2/h14,16,20,22,58,62,67-68,72-73H,3-13,15,17-19,21,23-57,59-61,63-66H2,1-2H3,(H,71,74)/b16-14-,22-20-,62-58+. The second-order valence-corrected chi connectivity index (χ2v) is 23.5. The first kappa shape index (κ1) is 74.1. The SMILES string of the molecule is CCCCCC/C=C\CCCCCCCC(=O)OCCCCCCCCCCCCCC/C=C\CCCCCCCCCCCCCCCCCC(=O)NC(CO)C(O)/C=C/CCCCCCCCCCCCCCC. The summed E-state index contributed by atoms with van der Waals surface area (Å²) in [7, 11) is 0. The number of amides is 1. The van der Waals surface area contributed by atoms with E-state index in [0.717, 1.165) is 44.9 Å². The molecule has 0 bridgehead atoms. The van der Waals surface area contributed by atoms with E-state index in [1.165, 1.54) is 302 Å². The number of allylic oxidation sites excluding steroid dienone is 5. The molecular weight excluding hydrogens is 935 g/mol. The monoisotopic (exact) mass is 1070 g/mol. The summed E-state index contributed by atoms with van der Waals surface area (Å²) in [5.74, 6) is -0.0557. The number of rotatable bonds is 64. The number of hydrogen-bond donors (Lipinski definition) is 3. The molecule has 76 heavy (non-hydrogen) atoms. The zero-order valence-corrected chi connectivity index (χ0v) is 51.3. The molecule has 6 heteroatoms. The second-order valence-electron chi connectivity index (χ2n) is 23.5. The maximum Gasteiger partial charge on any atom is 0.305 e. The largest absolute Gasteiger partial charge is 0.466 e. The van der Waals surface area contributed by atoms with Gasteiger partial charge in [-0.25, -0.2) is 0 Å². The van der Waals surface area contributed by atoms with Gasteiger partial charge in [-0.2, -0.15) is 0 Å². The summed E-state index contributed by atoms with van der Waals surface area (Å²) >= 11 is 0. The predicted molar refractivity (Wildman–Crippen MR) is 333 cm³/mol. The minimum Gasteiger partial charge on any atom is -0.466 e. The molecule has 1 amide bonds. The Kier molecular flexibility index (Phi) is 63.9. The summed E-state index contributed by atoms with van der Waals surface area (Å²) in [6, 6.07) is -0.626. The number of esters is 1. The molecule has 448 valence electrons. The number of aliphatic hydroxyl groups excluding tert-OH is 2. The van der Waals surface area contributed by atoms with Gasteiger partial charge in [-0.1, -0.05) is 314 Å². The third-order valence-corrected chi connectivity index (χ3v) is 15.9. The third kappa shape index (κ3) is 61.3. The first-order valence-corrected chi connectivity index (χ1v) is 34.3. The number of carbonyl (C=O) groups excluding carboxylic acids is 2. The summed E-state index contributed by atoms with van der Waals surface area (Å²) < 4.78 is 5.48. The Morgan fingerprint density at radius 1 is 0.355 bits per heavy atom. The molecule has 0 radical (unpaired) electrons. The van der Waals surface area contributed by atoms with Crippen LogP contribution >= 0.6 is 0 Å². The molecule has 0 saturated carbocycles. The van der Waals surface area contributed by atoms with E-state index in [2.05, 4.69) is 43.5 Å². The molecule has 2 atom stereocenters. The van der Waals surface area contributed by atoms with Gasteiger partial charge in [0, 0.05) is 12.8 Å². The number of carbonyl (C=O) groups is 2.